The molecule has 116 valence electrons. The molecule has 1 fully saturated rings. The van der Waals surface area contributed by atoms with Gasteiger partial charge in [0.2, 0.25) is 11.6 Å². The van der Waals surface area contributed by atoms with Crippen molar-refractivity contribution in [3.05, 3.63) is 16.4 Å². The van der Waals surface area contributed by atoms with E-state index in [1.54, 1.807) is 0 Å². The predicted octanol–water partition coefficient (Wildman–Crippen LogP) is 1.57. The van der Waals surface area contributed by atoms with Crippen molar-refractivity contribution in [1.29, 1.82) is 0 Å². The molecule has 21 heavy (non-hydrogen) atoms. The predicted molar refractivity (Wildman–Crippen MR) is 81.6 cm³/mol. The molecule has 2 heterocycles. The Morgan fingerprint density at radius 3 is 2.76 bits per heavy atom. The van der Waals surface area contributed by atoms with E-state index >= 15 is 0 Å². The lowest BCUT2D eigenvalue weighted by atomic mass is 9.98. The summed E-state index contributed by atoms with van der Waals surface area (Å²) in [7, 11) is 2.10. The maximum absolute atomic E-state index is 11.3. The molecule has 2 rings (SSSR count). The van der Waals surface area contributed by atoms with Crippen LogP contribution in [0.1, 0.15) is 19.8 Å². The van der Waals surface area contributed by atoms with E-state index in [-0.39, 0.29) is 11.5 Å². The van der Waals surface area contributed by atoms with E-state index in [1.807, 2.05) is 6.92 Å². The van der Waals surface area contributed by atoms with Gasteiger partial charge in [-0.05, 0) is 39.3 Å². The second kappa shape index (κ2) is 7.16. The van der Waals surface area contributed by atoms with Gasteiger partial charge < -0.3 is 15.5 Å². The van der Waals surface area contributed by atoms with Crippen LogP contribution in [0.4, 0.5) is 17.3 Å². The van der Waals surface area contributed by atoms with Gasteiger partial charge in [-0.3, -0.25) is 10.1 Å². The van der Waals surface area contributed by atoms with Crippen molar-refractivity contribution in [3.63, 3.8) is 0 Å². The summed E-state index contributed by atoms with van der Waals surface area (Å²) in [6.07, 6.45) is 3.65. The molecule has 1 unspecified atom stereocenters. The first-order chi connectivity index (χ1) is 10.1. The van der Waals surface area contributed by atoms with Gasteiger partial charge in [-0.15, -0.1) is 0 Å². The number of nitro groups is 1. The van der Waals surface area contributed by atoms with Gasteiger partial charge in [0.15, 0.2) is 0 Å². The molecule has 1 saturated heterocycles. The van der Waals surface area contributed by atoms with Crippen LogP contribution in [-0.2, 0) is 0 Å². The first-order valence-corrected chi connectivity index (χ1v) is 7.27. The summed E-state index contributed by atoms with van der Waals surface area (Å²) in [5.74, 6) is 1.04. The van der Waals surface area contributed by atoms with Crippen LogP contribution in [0.5, 0.6) is 0 Å². The van der Waals surface area contributed by atoms with Gasteiger partial charge in [-0.1, -0.05) is 0 Å². The average molecular weight is 294 g/mol. The first kappa shape index (κ1) is 15.4. The average Bonchev–Trinajstić information content (AvgIpc) is 2.45. The summed E-state index contributed by atoms with van der Waals surface area (Å²) >= 11 is 0. The van der Waals surface area contributed by atoms with E-state index < -0.39 is 4.92 Å². The second-order valence-electron chi connectivity index (χ2n) is 5.36. The van der Waals surface area contributed by atoms with Gasteiger partial charge in [0.25, 0.3) is 0 Å². The Bertz CT molecular complexity index is 496. The molecule has 0 aliphatic carbocycles. The lowest BCUT2D eigenvalue weighted by Gasteiger charge is -2.29. The molecule has 0 saturated carbocycles. The Balaban J connectivity index is 2.08. The maximum Gasteiger partial charge on any atom is 0.353 e. The molecule has 1 aromatic rings. The molecule has 8 heteroatoms. The molecular formula is C13H22N6O2. The van der Waals surface area contributed by atoms with Gasteiger partial charge in [0.05, 0.1) is 4.92 Å². The molecule has 8 nitrogen and oxygen atoms in total. The lowest BCUT2D eigenvalue weighted by Crippen LogP contribution is -2.35. The van der Waals surface area contributed by atoms with Crippen molar-refractivity contribution in [1.82, 2.24) is 14.9 Å². The van der Waals surface area contributed by atoms with E-state index in [2.05, 4.69) is 32.5 Å². The van der Waals surface area contributed by atoms with Crippen molar-refractivity contribution < 1.29 is 4.92 Å². The zero-order valence-corrected chi connectivity index (χ0v) is 12.5. The molecule has 0 aromatic carbocycles. The van der Waals surface area contributed by atoms with Gasteiger partial charge in [0.1, 0.15) is 6.33 Å². The van der Waals surface area contributed by atoms with Crippen LogP contribution >= 0.6 is 0 Å². The highest BCUT2D eigenvalue weighted by Gasteiger charge is 2.24. The van der Waals surface area contributed by atoms with Crippen LogP contribution < -0.4 is 10.6 Å². The van der Waals surface area contributed by atoms with Gasteiger partial charge >= 0.3 is 5.69 Å². The van der Waals surface area contributed by atoms with Crippen LogP contribution in [0, 0.1) is 16.0 Å². The standard InChI is InChI=1S/C13H22N6O2/c1-3-14-12-11(19(20)21)13(17-9-16-12)15-7-10-5-4-6-18(2)8-10/h9-10H,3-8H2,1-2H3,(H2,14,15,16,17). The maximum atomic E-state index is 11.3. The SMILES string of the molecule is CCNc1ncnc(NCC2CCCN(C)C2)c1[N+](=O)[O-]. The molecule has 1 aliphatic heterocycles. The van der Waals surface area contributed by atoms with Crippen LogP contribution in [-0.4, -0.2) is 53.0 Å². The number of nitrogens with zero attached hydrogens (tertiary/aromatic N) is 4. The highest BCUT2D eigenvalue weighted by atomic mass is 16.6. The van der Waals surface area contributed by atoms with Crippen LogP contribution in [0.25, 0.3) is 0 Å². The summed E-state index contributed by atoms with van der Waals surface area (Å²) in [6.45, 7) is 5.26. The number of rotatable bonds is 6. The fourth-order valence-corrected chi connectivity index (χ4v) is 2.66. The summed E-state index contributed by atoms with van der Waals surface area (Å²) in [4.78, 5) is 21.1. The van der Waals surface area contributed by atoms with Crippen LogP contribution in [0.3, 0.4) is 0 Å². The topological polar surface area (TPSA) is 96.2 Å². The van der Waals surface area contributed by atoms with E-state index in [9.17, 15) is 10.1 Å². The Morgan fingerprint density at radius 2 is 2.14 bits per heavy atom. The number of anilines is 2. The van der Waals surface area contributed by atoms with Crippen molar-refractivity contribution in [3.8, 4) is 0 Å². The molecule has 1 atom stereocenters. The largest absolute Gasteiger partial charge is 0.364 e. The number of piperidine rings is 1. The zero-order chi connectivity index (χ0) is 15.2. The Morgan fingerprint density at radius 1 is 1.43 bits per heavy atom. The van der Waals surface area contributed by atoms with Crippen molar-refractivity contribution in [2.75, 3.05) is 43.9 Å². The minimum atomic E-state index is -0.437. The highest BCUT2D eigenvalue weighted by Crippen LogP contribution is 2.29. The minimum Gasteiger partial charge on any atom is -0.364 e. The molecule has 0 amide bonds. The van der Waals surface area contributed by atoms with Crippen molar-refractivity contribution >= 4 is 17.3 Å². The quantitative estimate of drug-likeness (QED) is 0.607. The van der Waals surface area contributed by atoms with Gasteiger partial charge in [-0.2, -0.15) is 0 Å². The van der Waals surface area contributed by atoms with E-state index in [4.69, 9.17) is 0 Å². The minimum absolute atomic E-state index is 0.0801. The number of aromatic nitrogens is 2. The molecule has 0 radical (unpaired) electrons. The third-order valence-electron chi connectivity index (χ3n) is 3.63. The normalized spacial score (nSPS) is 19.2. The molecule has 2 N–H and O–H groups in total. The lowest BCUT2D eigenvalue weighted by molar-refractivity contribution is -0.383. The summed E-state index contributed by atoms with van der Waals surface area (Å²) < 4.78 is 0. The smallest absolute Gasteiger partial charge is 0.353 e. The second-order valence-corrected chi connectivity index (χ2v) is 5.36. The first-order valence-electron chi connectivity index (χ1n) is 7.27. The van der Waals surface area contributed by atoms with Crippen molar-refractivity contribution in [2.45, 2.75) is 19.8 Å². The Kier molecular flexibility index (Phi) is 5.26. The molecular weight excluding hydrogens is 272 g/mol. The number of hydrogen-bond donors (Lipinski definition) is 2. The fourth-order valence-electron chi connectivity index (χ4n) is 2.66. The van der Waals surface area contributed by atoms with E-state index in [1.165, 1.54) is 6.33 Å². The van der Waals surface area contributed by atoms with Crippen LogP contribution in [0.2, 0.25) is 0 Å². The molecule has 1 aromatic heterocycles. The monoisotopic (exact) mass is 294 g/mol. The van der Waals surface area contributed by atoms with Gasteiger partial charge in [0, 0.05) is 19.6 Å². The van der Waals surface area contributed by atoms with E-state index in [0.717, 1.165) is 25.9 Å². The third kappa shape index (κ3) is 4.01. The van der Waals surface area contributed by atoms with Crippen molar-refractivity contribution in [2.24, 2.45) is 5.92 Å². The third-order valence-corrected chi connectivity index (χ3v) is 3.63. The number of likely N-dealkylation sites (tertiary alicyclic amines) is 1. The zero-order valence-electron chi connectivity index (χ0n) is 12.5. The number of nitrogens with one attached hydrogen (secondary N) is 2. The number of hydrogen-bond acceptors (Lipinski definition) is 7. The summed E-state index contributed by atoms with van der Waals surface area (Å²) in [5, 5.41) is 17.3. The molecule has 1 aliphatic rings. The van der Waals surface area contributed by atoms with Crippen LogP contribution in [0.15, 0.2) is 6.33 Å². The Hall–Kier alpha value is -1.96. The Labute approximate surface area is 124 Å². The molecule has 0 spiro atoms. The van der Waals surface area contributed by atoms with Gasteiger partial charge in [-0.25, -0.2) is 9.97 Å². The summed E-state index contributed by atoms with van der Waals surface area (Å²) in [6, 6.07) is 0. The highest BCUT2D eigenvalue weighted by molar-refractivity contribution is 5.69. The van der Waals surface area contributed by atoms with E-state index in [0.29, 0.717) is 24.8 Å². The molecule has 0 bridgehead atoms. The summed E-state index contributed by atoms with van der Waals surface area (Å²) in [5.41, 5.74) is -0.0801. The fraction of sp³-hybridized carbons (Fsp3) is 0.692.